The SMILES string of the molecule is CCOC1CN=Cc2ccccc21. The first-order valence-electron chi connectivity index (χ1n) is 4.62. The van der Waals surface area contributed by atoms with E-state index < -0.39 is 0 Å². The minimum Gasteiger partial charge on any atom is -0.372 e. The minimum atomic E-state index is 0.159. The summed E-state index contributed by atoms with van der Waals surface area (Å²) in [5.74, 6) is 0. The molecule has 1 aliphatic rings. The number of aliphatic imine (C=N–C) groups is 1. The van der Waals surface area contributed by atoms with E-state index in [9.17, 15) is 0 Å². The van der Waals surface area contributed by atoms with Gasteiger partial charge in [-0.25, -0.2) is 0 Å². The number of rotatable bonds is 2. The Morgan fingerprint density at radius 2 is 2.31 bits per heavy atom. The summed E-state index contributed by atoms with van der Waals surface area (Å²) in [4.78, 5) is 4.27. The molecule has 0 N–H and O–H groups in total. The van der Waals surface area contributed by atoms with Gasteiger partial charge in [-0.15, -0.1) is 0 Å². The Labute approximate surface area is 78.3 Å². The quantitative estimate of drug-likeness (QED) is 0.675. The molecule has 0 fully saturated rings. The van der Waals surface area contributed by atoms with Crippen LogP contribution in [0.5, 0.6) is 0 Å². The molecule has 2 heteroatoms. The number of hydrogen-bond acceptors (Lipinski definition) is 2. The smallest absolute Gasteiger partial charge is 0.103 e. The van der Waals surface area contributed by atoms with Crippen molar-refractivity contribution in [3.05, 3.63) is 35.4 Å². The molecule has 0 aliphatic carbocycles. The number of fused-ring (bicyclic) bond motifs is 1. The van der Waals surface area contributed by atoms with E-state index in [0.717, 1.165) is 13.2 Å². The lowest BCUT2D eigenvalue weighted by atomic mass is 10.0. The molecule has 1 atom stereocenters. The van der Waals surface area contributed by atoms with Crippen LogP contribution in [0.15, 0.2) is 29.3 Å². The summed E-state index contributed by atoms with van der Waals surface area (Å²) >= 11 is 0. The Bertz CT molecular complexity index is 320. The van der Waals surface area contributed by atoms with E-state index in [-0.39, 0.29) is 6.10 Å². The number of hydrogen-bond donors (Lipinski definition) is 0. The van der Waals surface area contributed by atoms with Crippen LogP contribution >= 0.6 is 0 Å². The summed E-state index contributed by atoms with van der Waals surface area (Å²) in [5, 5.41) is 0. The molecule has 2 rings (SSSR count). The van der Waals surface area contributed by atoms with Crippen molar-refractivity contribution in [3.8, 4) is 0 Å². The van der Waals surface area contributed by atoms with Crippen molar-refractivity contribution >= 4 is 6.21 Å². The second-order valence-electron chi connectivity index (χ2n) is 3.07. The summed E-state index contributed by atoms with van der Waals surface area (Å²) in [6.45, 7) is 3.51. The molecule has 0 saturated carbocycles. The molecule has 0 radical (unpaired) electrons. The van der Waals surface area contributed by atoms with Gasteiger partial charge in [0.2, 0.25) is 0 Å². The monoisotopic (exact) mass is 175 g/mol. The number of nitrogens with zero attached hydrogens (tertiary/aromatic N) is 1. The average molecular weight is 175 g/mol. The van der Waals surface area contributed by atoms with Crippen LogP contribution in [-0.2, 0) is 4.74 Å². The third kappa shape index (κ3) is 1.63. The van der Waals surface area contributed by atoms with Crippen molar-refractivity contribution in [2.45, 2.75) is 13.0 Å². The predicted molar refractivity (Wildman–Crippen MR) is 53.3 cm³/mol. The maximum absolute atomic E-state index is 5.60. The van der Waals surface area contributed by atoms with Crippen LogP contribution in [0.4, 0.5) is 0 Å². The van der Waals surface area contributed by atoms with Gasteiger partial charge in [-0.3, -0.25) is 4.99 Å². The molecule has 1 aliphatic heterocycles. The Morgan fingerprint density at radius 1 is 1.46 bits per heavy atom. The second kappa shape index (κ2) is 3.71. The van der Waals surface area contributed by atoms with E-state index in [2.05, 4.69) is 17.1 Å². The third-order valence-corrected chi connectivity index (χ3v) is 2.21. The van der Waals surface area contributed by atoms with Gasteiger partial charge in [0.05, 0.1) is 6.54 Å². The molecule has 0 amide bonds. The van der Waals surface area contributed by atoms with E-state index in [1.54, 1.807) is 0 Å². The standard InChI is InChI=1S/C11H13NO/c1-2-13-11-8-12-7-9-5-3-4-6-10(9)11/h3-7,11H,2,8H2,1H3. The maximum atomic E-state index is 5.60. The van der Waals surface area contributed by atoms with Crippen molar-refractivity contribution in [2.75, 3.05) is 13.2 Å². The fourth-order valence-corrected chi connectivity index (χ4v) is 1.61. The summed E-state index contributed by atoms with van der Waals surface area (Å²) in [6, 6.07) is 8.26. The van der Waals surface area contributed by atoms with E-state index in [4.69, 9.17) is 4.74 Å². The van der Waals surface area contributed by atoms with Crippen LogP contribution in [-0.4, -0.2) is 19.4 Å². The third-order valence-electron chi connectivity index (χ3n) is 2.21. The fraction of sp³-hybridized carbons (Fsp3) is 0.364. The largest absolute Gasteiger partial charge is 0.372 e. The van der Waals surface area contributed by atoms with Crippen LogP contribution in [0.1, 0.15) is 24.2 Å². The van der Waals surface area contributed by atoms with Gasteiger partial charge in [0.25, 0.3) is 0 Å². The van der Waals surface area contributed by atoms with Crippen LogP contribution in [0.25, 0.3) is 0 Å². The van der Waals surface area contributed by atoms with Crippen molar-refractivity contribution in [1.29, 1.82) is 0 Å². The molecule has 1 aromatic carbocycles. The zero-order chi connectivity index (χ0) is 9.10. The van der Waals surface area contributed by atoms with Gasteiger partial charge in [0.1, 0.15) is 6.10 Å². The lowest BCUT2D eigenvalue weighted by molar-refractivity contribution is 0.0682. The Morgan fingerprint density at radius 3 is 3.15 bits per heavy atom. The predicted octanol–water partition coefficient (Wildman–Crippen LogP) is 2.20. The molecule has 0 bridgehead atoms. The summed E-state index contributed by atoms with van der Waals surface area (Å²) in [6.07, 6.45) is 2.08. The van der Waals surface area contributed by atoms with Gasteiger partial charge in [-0.05, 0) is 18.1 Å². The number of benzene rings is 1. The summed E-state index contributed by atoms with van der Waals surface area (Å²) < 4.78 is 5.60. The normalized spacial score (nSPS) is 19.9. The summed E-state index contributed by atoms with van der Waals surface area (Å²) in [7, 11) is 0. The molecule has 13 heavy (non-hydrogen) atoms. The zero-order valence-corrected chi connectivity index (χ0v) is 7.73. The second-order valence-corrected chi connectivity index (χ2v) is 3.07. The first-order chi connectivity index (χ1) is 6.42. The first-order valence-corrected chi connectivity index (χ1v) is 4.62. The first kappa shape index (κ1) is 8.45. The van der Waals surface area contributed by atoms with Gasteiger partial charge < -0.3 is 4.74 Å². The highest BCUT2D eigenvalue weighted by Crippen LogP contribution is 2.23. The minimum absolute atomic E-state index is 0.159. The van der Waals surface area contributed by atoms with Crippen molar-refractivity contribution in [2.24, 2.45) is 4.99 Å². The Hall–Kier alpha value is -1.15. The molecule has 2 nitrogen and oxygen atoms in total. The lowest BCUT2D eigenvalue weighted by Crippen LogP contribution is -2.14. The van der Waals surface area contributed by atoms with Crippen LogP contribution in [0.3, 0.4) is 0 Å². The molecule has 68 valence electrons. The molecule has 1 aromatic rings. The van der Waals surface area contributed by atoms with Gasteiger partial charge in [0.15, 0.2) is 0 Å². The fourth-order valence-electron chi connectivity index (χ4n) is 1.61. The highest BCUT2D eigenvalue weighted by Gasteiger charge is 2.16. The van der Waals surface area contributed by atoms with E-state index in [1.807, 2.05) is 25.3 Å². The van der Waals surface area contributed by atoms with E-state index >= 15 is 0 Å². The molecular formula is C11H13NO. The molecule has 1 heterocycles. The highest BCUT2D eigenvalue weighted by atomic mass is 16.5. The number of ether oxygens (including phenoxy) is 1. The molecule has 0 spiro atoms. The molecular weight excluding hydrogens is 162 g/mol. The van der Waals surface area contributed by atoms with Crippen LogP contribution in [0.2, 0.25) is 0 Å². The molecule has 0 aromatic heterocycles. The van der Waals surface area contributed by atoms with Crippen molar-refractivity contribution < 1.29 is 4.74 Å². The molecule has 0 saturated heterocycles. The Balaban J connectivity index is 2.32. The lowest BCUT2D eigenvalue weighted by Gasteiger charge is -2.20. The Kier molecular flexibility index (Phi) is 2.41. The highest BCUT2D eigenvalue weighted by molar-refractivity contribution is 5.83. The van der Waals surface area contributed by atoms with Crippen LogP contribution < -0.4 is 0 Å². The van der Waals surface area contributed by atoms with Gasteiger partial charge in [0, 0.05) is 12.8 Å². The van der Waals surface area contributed by atoms with Crippen molar-refractivity contribution in [1.82, 2.24) is 0 Å². The topological polar surface area (TPSA) is 21.6 Å². The molecule has 1 unspecified atom stereocenters. The summed E-state index contributed by atoms with van der Waals surface area (Å²) in [5.41, 5.74) is 2.45. The van der Waals surface area contributed by atoms with Crippen LogP contribution in [0, 0.1) is 0 Å². The van der Waals surface area contributed by atoms with Gasteiger partial charge in [-0.2, -0.15) is 0 Å². The van der Waals surface area contributed by atoms with E-state index in [1.165, 1.54) is 11.1 Å². The average Bonchev–Trinajstić information content (AvgIpc) is 2.19. The van der Waals surface area contributed by atoms with E-state index in [0.29, 0.717) is 0 Å². The van der Waals surface area contributed by atoms with Crippen molar-refractivity contribution in [3.63, 3.8) is 0 Å². The van der Waals surface area contributed by atoms with Gasteiger partial charge >= 0.3 is 0 Å². The maximum Gasteiger partial charge on any atom is 0.103 e. The van der Waals surface area contributed by atoms with Gasteiger partial charge in [-0.1, -0.05) is 24.3 Å². The zero-order valence-electron chi connectivity index (χ0n) is 7.73.